The minimum absolute atomic E-state index is 0.0449. The largest absolute Gasteiger partial charge is 0.446 e. The lowest BCUT2D eigenvalue weighted by molar-refractivity contribution is 0.00424. The van der Waals surface area contributed by atoms with Gasteiger partial charge in [0.15, 0.2) is 0 Å². The molecule has 0 aromatic heterocycles. The molecule has 122 valence electrons. The first-order chi connectivity index (χ1) is 9.79. The van der Waals surface area contributed by atoms with Crippen LogP contribution in [0.3, 0.4) is 0 Å². The van der Waals surface area contributed by atoms with Crippen LogP contribution in [0.1, 0.15) is 66.2 Å². The van der Waals surface area contributed by atoms with Crippen molar-refractivity contribution in [1.29, 1.82) is 0 Å². The summed E-state index contributed by atoms with van der Waals surface area (Å²) < 4.78 is 5.79. The van der Waals surface area contributed by atoms with Crippen LogP contribution < -0.4 is 11.1 Å². The van der Waals surface area contributed by atoms with Crippen molar-refractivity contribution < 1.29 is 9.53 Å². The van der Waals surface area contributed by atoms with Gasteiger partial charge in [0.25, 0.3) is 0 Å². The number of carbonyl (C=O) groups is 1. The second-order valence-electron chi connectivity index (χ2n) is 7.86. The van der Waals surface area contributed by atoms with Gasteiger partial charge >= 0.3 is 6.09 Å². The fourth-order valence-electron chi connectivity index (χ4n) is 3.99. The van der Waals surface area contributed by atoms with Crippen molar-refractivity contribution in [3.63, 3.8) is 0 Å². The first-order valence-corrected chi connectivity index (χ1v) is 8.55. The number of nitrogens with one attached hydrogen (secondary N) is 1. The van der Waals surface area contributed by atoms with Gasteiger partial charge in [0.2, 0.25) is 0 Å². The van der Waals surface area contributed by atoms with Crippen LogP contribution in [0.25, 0.3) is 0 Å². The SMILES string of the molecule is CC(C)[C@@H]1CC[C@@H](C)C[C@H]1OC(=O)NC1CCCC1(C)N. The molecule has 2 aliphatic carbocycles. The molecule has 2 aliphatic rings. The van der Waals surface area contributed by atoms with Gasteiger partial charge in [-0.2, -0.15) is 0 Å². The second-order valence-corrected chi connectivity index (χ2v) is 7.86. The van der Waals surface area contributed by atoms with Gasteiger partial charge in [0.05, 0.1) is 0 Å². The van der Waals surface area contributed by atoms with Crippen LogP contribution in [0.4, 0.5) is 4.79 Å². The Morgan fingerprint density at radius 2 is 2.05 bits per heavy atom. The van der Waals surface area contributed by atoms with E-state index in [2.05, 4.69) is 26.1 Å². The first kappa shape index (κ1) is 16.6. The highest BCUT2D eigenvalue weighted by Crippen LogP contribution is 2.35. The summed E-state index contributed by atoms with van der Waals surface area (Å²) in [6.07, 6.45) is 6.17. The summed E-state index contributed by atoms with van der Waals surface area (Å²) in [5.74, 6) is 1.69. The summed E-state index contributed by atoms with van der Waals surface area (Å²) >= 11 is 0. The summed E-state index contributed by atoms with van der Waals surface area (Å²) in [5, 5.41) is 3.00. The molecule has 2 fully saturated rings. The van der Waals surface area contributed by atoms with Crippen LogP contribution >= 0.6 is 0 Å². The molecule has 3 N–H and O–H groups in total. The maximum atomic E-state index is 12.2. The molecule has 4 nitrogen and oxygen atoms in total. The second kappa shape index (κ2) is 6.55. The Bertz CT molecular complexity index is 368. The third kappa shape index (κ3) is 4.12. The topological polar surface area (TPSA) is 64.3 Å². The van der Waals surface area contributed by atoms with Gasteiger partial charge in [-0.25, -0.2) is 4.79 Å². The normalized spacial score (nSPS) is 40.3. The molecule has 5 atom stereocenters. The van der Waals surface area contributed by atoms with E-state index in [1.54, 1.807) is 0 Å². The Morgan fingerprint density at radius 1 is 1.33 bits per heavy atom. The molecule has 2 rings (SSSR count). The van der Waals surface area contributed by atoms with Crippen molar-refractivity contribution >= 4 is 6.09 Å². The Hall–Kier alpha value is -0.770. The number of hydrogen-bond acceptors (Lipinski definition) is 3. The Balaban J connectivity index is 1.91. The molecule has 1 amide bonds. The van der Waals surface area contributed by atoms with Crippen LogP contribution in [0.5, 0.6) is 0 Å². The van der Waals surface area contributed by atoms with Gasteiger partial charge < -0.3 is 15.8 Å². The highest BCUT2D eigenvalue weighted by Gasteiger charge is 2.38. The van der Waals surface area contributed by atoms with Crippen LogP contribution in [0.15, 0.2) is 0 Å². The van der Waals surface area contributed by atoms with E-state index in [1.165, 1.54) is 6.42 Å². The molecular weight excluding hydrogens is 264 g/mol. The fraction of sp³-hybridized carbons (Fsp3) is 0.941. The zero-order valence-corrected chi connectivity index (χ0v) is 14.0. The van der Waals surface area contributed by atoms with Crippen molar-refractivity contribution in [2.75, 3.05) is 0 Å². The predicted octanol–water partition coefficient (Wildman–Crippen LogP) is 3.44. The minimum atomic E-state index is -0.295. The van der Waals surface area contributed by atoms with Crippen LogP contribution in [0.2, 0.25) is 0 Å². The lowest BCUT2D eigenvalue weighted by Gasteiger charge is -2.37. The Labute approximate surface area is 129 Å². The van der Waals surface area contributed by atoms with Gasteiger partial charge in [0.1, 0.15) is 6.10 Å². The van der Waals surface area contributed by atoms with Crippen LogP contribution in [-0.4, -0.2) is 23.8 Å². The zero-order valence-electron chi connectivity index (χ0n) is 14.0. The number of ether oxygens (including phenoxy) is 1. The van der Waals surface area contributed by atoms with Crippen molar-refractivity contribution in [2.24, 2.45) is 23.5 Å². The molecular formula is C17H32N2O2. The average molecular weight is 296 g/mol. The van der Waals surface area contributed by atoms with Gasteiger partial charge in [0, 0.05) is 11.6 Å². The molecule has 0 aliphatic heterocycles. The fourth-order valence-corrected chi connectivity index (χ4v) is 3.99. The highest BCUT2D eigenvalue weighted by atomic mass is 16.6. The molecule has 2 saturated carbocycles. The van der Waals surface area contributed by atoms with E-state index in [9.17, 15) is 4.79 Å². The van der Waals surface area contributed by atoms with Crippen molar-refractivity contribution in [3.05, 3.63) is 0 Å². The molecule has 0 saturated heterocycles. The van der Waals surface area contributed by atoms with E-state index >= 15 is 0 Å². The van der Waals surface area contributed by atoms with E-state index in [-0.39, 0.29) is 23.8 Å². The van der Waals surface area contributed by atoms with E-state index in [4.69, 9.17) is 10.5 Å². The molecule has 0 heterocycles. The number of alkyl carbamates (subject to hydrolysis) is 1. The molecule has 21 heavy (non-hydrogen) atoms. The zero-order chi connectivity index (χ0) is 15.6. The Kier molecular flexibility index (Phi) is 5.18. The van der Waals surface area contributed by atoms with E-state index in [0.717, 1.165) is 32.1 Å². The highest BCUT2D eigenvalue weighted by molar-refractivity contribution is 5.68. The first-order valence-electron chi connectivity index (χ1n) is 8.55. The van der Waals surface area contributed by atoms with Gasteiger partial charge in [-0.05, 0) is 56.8 Å². The van der Waals surface area contributed by atoms with E-state index in [1.807, 2.05) is 6.92 Å². The summed E-state index contributed by atoms with van der Waals surface area (Å²) in [6.45, 7) is 8.72. The maximum Gasteiger partial charge on any atom is 0.407 e. The van der Waals surface area contributed by atoms with Crippen LogP contribution in [0, 0.1) is 17.8 Å². The molecule has 0 aromatic carbocycles. The summed E-state index contributed by atoms with van der Waals surface area (Å²) in [6, 6.07) is 0.0449. The number of nitrogens with two attached hydrogens (primary N) is 1. The van der Waals surface area contributed by atoms with E-state index in [0.29, 0.717) is 17.8 Å². The van der Waals surface area contributed by atoms with E-state index < -0.39 is 0 Å². The lowest BCUT2D eigenvalue weighted by atomic mass is 9.75. The van der Waals surface area contributed by atoms with Gasteiger partial charge in [-0.3, -0.25) is 0 Å². The summed E-state index contributed by atoms with van der Waals surface area (Å²) in [7, 11) is 0. The smallest absolute Gasteiger partial charge is 0.407 e. The van der Waals surface area contributed by atoms with Gasteiger partial charge in [-0.1, -0.05) is 27.2 Å². The third-order valence-corrected chi connectivity index (χ3v) is 5.52. The number of carbonyl (C=O) groups excluding carboxylic acids is 1. The summed E-state index contributed by atoms with van der Waals surface area (Å²) in [5.41, 5.74) is 5.94. The molecule has 0 aromatic rings. The molecule has 0 bridgehead atoms. The quantitative estimate of drug-likeness (QED) is 0.838. The van der Waals surface area contributed by atoms with Crippen molar-refractivity contribution in [1.82, 2.24) is 5.32 Å². The number of hydrogen-bond donors (Lipinski definition) is 2. The van der Waals surface area contributed by atoms with Gasteiger partial charge in [-0.15, -0.1) is 0 Å². The maximum absolute atomic E-state index is 12.2. The number of amides is 1. The number of rotatable bonds is 3. The van der Waals surface area contributed by atoms with Crippen molar-refractivity contribution in [2.45, 2.75) is 83.9 Å². The molecule has 0 radical (unpaired) electrons. The summed E-state index contributed by atoms with van der Waals surface area (Å²) in [4.78, 5) is 12.2. The third-order valence-electron chi connectivity index (χ3n) is 5.52. The molecule has 0 spiro atoms. The standard InChI is InChI=1S/C17H32N2O2/c1-11(2)13-8-7-12(3)10-14(13)21-16(20)19-15-6-5-9-17(15,4)18/h11-15H,5-10,18H2,1-4H3,(H,19,20)/t12-,13+,14-,15?,17?/m1/s1. The predicted molar refractivity (Wildman–Crippen MR) is 85.0 cm³/mol. The average Bonchev–Trinajstić information content (AvgIpc) is 2.68. The Morgan fingerprint density at radius 3 is 2.62 bits per heavy atom. The minimum Gasteiger partial charge on any atom is -0.446 e. The monoisotopic (exact) mass is 296 g/mol. The van der Waals surface area contributed by atoms with Crippen molar-refractivity contribution in [3.8, 4) is 0 Å². The molecule has 2 unspecified atom stereocenters. The van der Waals surface area contributed by atoms with Crippen LogP contribution in [-0.2, 0) is 4.74 Å². The molecule has 4 heteroatoms. The lowest BCUT2D eigenvalue weighted by Crippen LogP contribution is -2.53.